The number of nitrogens with one attached hydrogen (secondary N) is 2. The van der Waals surface area contributed by atoms with Gasteiger partial charge in [-0.2, -0.15) is 6.07 Å². The number of allylic oxidation sites excluding steroid dienone is 3. The Bertz CT molecular complexity index is 702. The van der Waals surface area contributed by atoms with Crippen LogP contribution in [-0.4, -0.2) is 16.9 Å². The van der Waals surface area contributed by atoms with E-state index in [-0.39, 0.29) is 56.0 Å². The molecule has 0 aromatic heterocycles. The molecular weight excluding hydrogens is 381 g/mol. The number of carbonyl (C=O) groups excluding carboxylic acids is 2. The van der Waals surface area contributed by atoms with Gasteiger partial charge in [-0.25, -0.2) is 0 Å². The van der Waals surface area contributed by atoms with E-state index < -0.39 is 0 Å². The third kappa shape index (κ3) is 6.21. The zero-order valence-corrected chi connectivity index (χ0v) is 17.8. The Morgan fingerprint density at radius 2 is 1.54 bits per heavy atom. The minimum atomic E-state index is -0.293. The number of benzene rings is 1. The zero-order valence-electron chi connectivity index (χ0n) is 15.0. The molecule has 0 aliphatic rings. The monoisotopic (exact) mass is 404 g/mol. The summed E-state index contributed by atoms with van der Waals surface area (Å²) in [7, 11) is 0. The summed E-state index contributed by atoms with van der Waals surface area (Å²) < 4.78 is 0. The smallest absolute Gasteiger partial charge is 0.240 e. The Labute approximate surface area is 168 Å². The number of hydrogen-bond acceptors (Lipinski definition) is 3. The number of anilines is 2. The van der Waals surface area contributed by atoms with E-state index in [4.69, 9.17) is 0 Å². The standard InChI is InChI=1S/C18H23N2O3.Y/c1-10(2)11(3)12(4)13(5)18(23)20-16-8-7-15(9-17(16)22)19-14(6)21;/h8-9,22H,1-6H3,(H,19,21)(H,20,23);/q-1;/b13-12+;. The second kappa shape index (κ2) is 9.75. The van der Waals surface area contributed by atoms with Gasteiger partial charge in [-0.3, -0.25) is 9.59 Å². The fourth-order valence-electron chi connectivity index (χ4n) is 1.88. The Balaban J connectivity index is 0.00000529. The van der Waals surface area contributed by atoms with Gasteiger partial charge in [-0.15, -0.1) is 12.1 Å². The van der Waals surface area contributed by atoms with Gasteiger partial charge >= 0.3 is 0 Å². The minimum absolute atomic E-state index is 0. The van der Waals surface area contributed by atoms with Crippen LogP contribution in [0.1, 0.15) is 41.5 Å². The van der Waals surface area contributed by atoms with E-state index in [0.29, 0.717) is 11.3 Å². The zero-order chi connectivity index (χ0) is 17.7. The maximum atomic E-state index is 12.3. The van der Waals surface area contributed by atoms with E-state index in [1.165, 1.54) is 19.1 Å². The van der Waals surface area contributed by atoms with Crippen molar-refractivity contribution in [3.05, 3.63) is 40.5 Å². The molecule has 0 aliphatic heterocycles. The molecule has 0 bridgehead atoms. The quantitative estimate of drug-likeness (QED) is 0.309. The molecule has 3 N–H and O–H groups in total. The number of amides is 2. The van der Waals surface area contributed by atoms with Crippen molar-refractivity contribution in [3.8, 4) is 5.75 Å². The first-order valence-corrected chi connectivity index (χ1v) is 7.29. The summed E-state index contributed by atoms with van der Waals surface area (Å²) in [6.45, 7) is 10.9. The van der Waals surface area contributed by atoms with Crippen LogP contribution < -0.4 is 10.6 Å². The molecule has 2 amide bonds. The van der Waals surface area contributed by atoms with E-state index in [1.54, 1.807) is 6.92 Å². The summed E-state index contributed by atoms with van der Waals surface area (Å²) in [6.07, 6.45) is 0. The molecule has 1 aromatic carbocycles. The Morgan fingerprint density at radius 3 is 2.00 bits per heavy atom. The summed E-state index contributed by atoms with van der Waals surface area (Å²) in [5.41, 5.74) is 4.28. The van der Waals surface area contributed by atoms with Gasteiger partial charge in [0.1, 0.15) is 0 Å². The molecule has 1 aromatic rings. The van der Waals surface area contributed by atoms with E-state index in [1.807, 2.05) is 27.7 Å². The molecule has 0 fully saturated rings. The molecular formula is C18H23N2O3Y-. The van der Waals surface area contributed by atoms with E-state index in [0.717, 1.165) is 16.7 Å². The van der Waals surface area contributed by atoms with Crippen LogP contribution >= 0.6 is 0 Å². The number of aromatic hydroxyl groups is 1. The number of carbonyl (C=O) groups is 2. The van der Waals surface area contributed by atoms with Crippen LogP contribution in [0.3, 0.4) is 0 Å². The first-order chi connectivity index (χ1) is 10.6. The van der Waals surface area contributed by atoms with Crippen LogP contribution in [0.2, 0.25) is 0 Å². The van der Waals surface area contributed by atoms with Gasteiger partial charge in [0, 0.05) is 51.0 Å². The normalized spacial score (nSPS) is 10.9. The van der Waals surface area contributed by atoms with E-state index in [9.17, 15) is 14.7 Å². The van der Waals surface area contributed by atoms with Crippen molar-refractivity contribution >= 4 is 23.2 Å². The van der Waals surface area contributed by atoms with Crippen LogP contribution in [-0.2, 0) is 42.3 Å². The van der Waals surface area contributed by atoms with Gasteiger partial charge in [0.25, 0.3) is 0 Å². The third-order valence-corrected chi connectivity index (χ3v) is 3.70. The molecule has 6 heteroatoms. The SMILES string of the molecule is CC(=O)Nc1[c-]cc(NC(=O)/C(C)=C(\C)C(C)=C(C)C)c(O)c1.[Y]. The average Bonchev–Trinajstić information content (AvgIpc) is 2.46. The number of phenolic OH excluding ortho intramolecular Hbond substituents is 1. The van der Waals surface area contributed by atoms with Gasteiger partial charge in [-0.1, -0.05) is 11.3 Å². The molecule has 1 radical (unpaired) electrons. The molecule has 1 rings (SSSR count). The first-order valence-electron chi connectivity index (χ1n) is 7.29. The van der Waals surface area contributed by atoms with Crippen LogP contribution in [0.15, 0.2) is 34.4 Å². The number of hydrogen-bond donors (Lipinski definition) is 3. The summed E-state index contributed by atoms with van der Waals surface area (Å²) in [6, 6.07) is 5.55. The van der Waals surface area contributed by atoms with Crippen molar-refractivity contribution in [1.82, 2.24) is 0 Å². The molecule has 127 valence electrons. The summed E-state index contributed by atoms with van der Waals surface area (Å²) >= 11 is 0. The van der Waals surface area contributed by atoms with Crippen LogP contribution in [0.25, 0.3) is 0 Å². The van der Waals surface area contributed by atoms with Crippen LogP contribution in [0.4, 0.5) is 11.4 Å². The van der Waals surface area contributed by atoms with Crippen molar-refractivity contribution in [2.45, 2.75) is 41.5 Å². The van der Waals surface area contributed by atoms with Crippen molar-refractivity contribution in [2.75, 3.05) is 10.6 Å². The Hall–Kier alpha value is -1.46. The molecule has 0 saturated carbocycles. The van der Waals surface area contributed by atoms with Crippen molar-refractivity contribution in [2.24, 2.45) is 0 Å². The van der Waals surface area contributed by atoms with E-state index >= 15 is 0 Å². The Kier molecular flexibility index (Phi) is 9.16. The molecule has 0 heterocycles. The Morgan fingerprint density at radius 1 is 0.958 bits per heavy atom. The van der Waals surface area contributed by atoms with Crippen molar-refractivity contribution < 1.29 is 47.4 Å². The van der Waals surface area contributed by atoms with Crippen molar-refractivity contribution in [1.29, 1.82) is 0 Å². The number of phenols is 1. The van der Waals surface area contributed by atoms with Crippen LogP contribution in [0.5, 0.6) is 5.75 Å². The predicted octanol–water partition coefficient (Wildman–Crippen LogP) is 3.78. The van der Waals surface area contributed by atoms with Gasteiger partial charge in [0.05, 0.1) is 0 Å². The maximum Gasteiger partial charge on any atom is 0.240 e. The van der Waals surface area contributed by atoms with Gasteiger partial charge in [0.15, 0.2) is 0 Å². The van der Waals surface area contributed by atoms with Crippen LogP contribution in [0, 0.1) is 6.07 Å². The molecule has 5 nitrogen and oxygen atoms in total. The minimum Gasteiger partial charge on any atom is -0.531 e. The molecule has 0 saturated heterocycles. The van der Waals surface area contributed by atoms with Gasteiger partial charge < -0.3 is 15.7 Å². The third-order valence-electron chi connectivity index (χ3n) is 3.70. The second-order valence-electron chi connectivity index (χ2n) is 5.66. The fraction of sp³-hybridized carbons (Fsp3) is 0.333. The van der Waals surface area contributed by atoms with E-state index in [2.05, 4.69) is 16.7 Å². The van der Waals surface area contributed by atoms with Gasteiger partial charge in [-0.05, 0) is 51.5 Å². The predicted molar refractivity (Wildman–Crippen MR) is 92.3 cm³/mol. The second-order valence-corrected chi connectivity index (χ2v) is 5.66. The largest absolute Gasteiger partial charge is 0.531 e. The summed E-state index contributed by atoms with van der Waals surface area (Å²) in [5, 5.41) is 15.1. The fourth-order valence-corrected chi connectivity index (χ4v) is 1.88. The topological polar surface area (TPSA) is 78.4 Å². The molecule has 24 heavy (non-hydrogen) atoms. The summed E-state index contributed by atoms with van der Waals surface area (Å²) in [4.78, 5) is 23.3. The molecule has 0 unspecified atom stereocenters. The first kappa shape index (κ1) is 22.5. The van der Waals surface area contributed by atoms with Gasteiger partial charge in [0.2, 0.25) is 11.8 Å². The maximum absolute atomic E-state index is 12.3. The molecule has 0 atom stereocenters. The molecule has 0 spiro atoms. The average molecular weight is 404 g/mol. The molecule has 0 aliphatic carbocycles. The summed E-state index contributed by atoms with van der Waals surface area (Å²) in [5.74, 6) is -0.687. The van der Waals surface area contributed by atoms with Crippen molar-refractivity contribution in [3.63, 3.8) is 0 Å². The number of rotatable bonds is 4.